The molecular weight excluding hydrogens is 294 g/mol. The van der Waals surface area contributed by atoms with Crippen LogP contribution in [0.2, 0.25) is 0 Å². The Kier molecular flexibility index (Phi) is 5.51. The maximum atomic E-state index is 10.6. The van der Waals surface area contributed by atoms with Gasteiger partial charge < -0.3 is 10.8 Å². The van der Waals surface area contributed by atoms with Crippen LogP contribution in [0.15, 0.2) is 29.8 Å². The van der Waals surface area contributed by atoms with Crippen LogP contribution in [-0.2, 0) is 10.5 Å². The van der Waals surface area contributed by atoms with Gasteiger partial charge in [-0.15, -0.1) is 11.3 Å². The number of nitrogens with two attached hydrogens (primary N) is 1. The van der Waals surface area contributed by atoms with Gasteiger partial charge in [0.2, 0.25) is 0 Å². The van der Waals surface area contributed by atoms with Gasteiger partial charge in [-0.1, -0.05) is 6.07 Å². The Balaban J connectivity index is 1.81. The highest BCUT2D eigenvalue weighted by molar-refractivity contribution is 7.98. The van der Waals surface area contributed by atoms with Crippen molar-refractivity contribution in [3.63, 3.8) is 0 Å². The summed E-state index contributed by atoms with van der Waals surface area (Å²) in [6.45, 7) is 0. The number of carbonyl (C=O) groups is 1. The number of thioether (sulfide) groups is 1. The number of hydrogen-bond acceptors (Lipinski definition) is 6. The van der Waals surface area contributed by atoms with Crippen molar-refractivity contribution < 1.29 is 9.90 Å². The minimum absolute atomic E-state index is 0.469. The molecule has 0 aliphatic carbocycles. The fourth-order valence-corrected chi connectivity index (χ4v) is 3.31. The number of hydrogen-bond donors (Lipinski definition) is 2. The number of nitrogens with zero attached hydrogens (tertiary/aromatic N) is 2. The van der Waals surface area contributed by atoms with Crippen molar-refractivity contribution in [1.29, 1.82) is 0 Å². The van der Waals surface area contributed by atoms with Crippen molar-refractivity contribution in [2.75, 3.05) is 5.75 Å². The van der Waals surface area contributed by atoms with Crippen LogP contribution in [-0.4, -0.2) is 32.8 Å². The maximum Gasteiger partial charge on any atom is 0.320 e. The monoisotopic (exact) mass is 309 g/mol. The molecule has 106 valence electrons. The second-order valence-corrected chi connectivity index (χ2v) is 6.11. The summed E-state index contributed by atoms with van der Waals surface area (Å²) in [5.74, 6) is 0.524. The van der Waals surface area contributed by atoms with Gasteiger partial charge in [-0.25, -0.2) is 4.98 Å². The van der Waals surface area contributed by atoms with Gasteiger partial charge in [-0.3, -0.25) is 9.78 Å². The molecule has 0 radical (unpaired) electrons. The molecule has 0 fully saturated rings. The van der Waals surface area contributed by atoms with Crippen LogP contribution in [0.5, 0.6) is 0 Å². The third-order valence-electron chi connectivity index (χ3n) is 2.58. The summed E-state index contributed by atoms with van der Waals surface area (Å²) in [5.41, 5.74) is 7.31. The standard InChI is InChI=1S/C13H15N3O2S2/c14-10(13(17)18)4-6-19-7-9-8-20-12(16-9)11-3-1-2-5-15-11/h1-3,5,8,10H,4,6-7,14H2,(H,17,18). The third-order valence-corrected chi connectivity index (χ3v) is 4.51. The first-order valence-electron chi connectivity index (χ1n) is 6.09. The first-order chi connectivity index (χ1) is 9.66. The van der Waals surface area contributed by atoms with E-state index in [-0.39, 0.29) is 0 Å². The van der Waals surface area contributed by atoms with Gasteiger partial charge >= 0.3 is 5.97 Å². The molecular formula is C13H15N3O2S2. The fourth-order valence-electron chi connectivity index (χ4n) is 1.49. The highest BCUT2D eigenvalue weighted by atomic mass is 32.2. The lowest BCUT2D eigenvalue weighted by Crippen LogP contribution is -2.30. The van der Waals surface area contributed by atoms with Gasteiger partial charge in [0.25, 0.3) is 0 Å². The minimum Gasteiger partial charge on any atom is -0.480 e. The molecule has 5 nitrogen and oxygen atoms in total. The molecule has 2 aromatic rings. The Morgan fingerprint density at radius 1 is 1.50 bits per heavy atom. The van der Waals surface area contributed by atoms with E-state index in [0.29, 0.717) is 12.2 Å². The summed E-state index contributed by atoms with van der Waals surface area (Å²) in [4.78, 5) is 19.4. The van der Waals surface area contributed by atoms with Crippen molar-refractivity contribution in [2.45, 2.75) is 18.2 Å². The zero-order valence-electron chi connectivity index (χ0n) is 10.7. The molecule has 0 aromatic carbocycles. The van der Waals surface area contributed by atoms with E-state index >= 15 is 0 Å². The van der Waals surface area contributed by atoms with Crippen LogP contribution in [0.1, 0.15) is 12.1 Å². The van der Waals surface area contributed by atoms with Crippen molar-refractivity contribution >= 4 is 29.1 Å². The molecule has 1 unspecified atom stereocenters. The molecule has 1 atom stereocenters. The van der Waals surface area contributed by atoms with Crippen LogP contribution in [0.4, 0.5) is 0 Å². The highest BCUT2D eigenvalue weighted by Gasteiger charge is 2.11. The number of thiazole rings is 1. The molecule has 2 heterocycles. The molecule has 0 aliphatic heterocycles. The van der Waals surface area contributed by atoms with E-state index < -0.39 is 12.0 Å². The number of carboxylic acid groups (broad SMARTS) is 1. The van der Waals surface area contributed by atoms with E-state index in [1.54, 1.807) is 29.3 Å². The first kappa shape index (κ1) is 15.0. The van der Waals surface area contributed by atoms with Crippen LogP contribution in [0.25, 0.3) is 10.7 Å². The molecule has 0 aliphatic rings. The average molecular weight is 309 g/mol. The average Bonchev–Trinajstić information content (AvgIpc) is 2.93. The second-order valence-electron chi connectivity index (χ2n) is 4.14. The Labute approximate surface area is 125 Å². The summed E-state index contributed by atoms with van der Waals surface area (Å²) in [7, 11) is 0. The van der Waals surface area contributed by atoms with E-state index in [1.165, 1.54) is 0 Å². The van der Waals surface area contributed by atoms with Gasteiger partial charge in [0.15, 0.2) is 0 Å². The van der Waals surface area contributed by atoms with E-state index in [1.807, 2.05) is 23.6 Å². The number of aromatic nitrogens is 2. The predicted octanol–water partition coefficient (Wildman–Crippen LogP) is 2.24. The van der Waals surface area contributed by atoms with Crippen LogP contribution in [0.3, 0.4) is 0 Å². The van der Waals surface area contributed by atoms with E-state index in [2.05, 4.69) is 9.97 Å². The van der Waals surface area contributed by atoms with Crippen LogP contribution >= 0.6 is 23.1 Å². The van der Waals surface area contributed by atoms with Crippen LogP contribution < -0.4 is 5.73 Å². The maximum absolute atomic E-state index is 10.6. The topological polar surface area (TPSA) is 89.1 Å². The third kappa shape index (κ3) is 4.29. The first-order valence-corrected chi connectivity index (χ1v) is 8.12. The summed E-state index contributed by atoms with van der Waals surface area (Å²) in [5, 5.41) is 11.6. The number of rotatable bonds is 7. The normalized spacial score (nSPS) is 12.2. The van der Waals surface area contributed by atoms with Gasteiger partial charge in [-0.05, 0) is 24.3 Å². The molecule has 2 rings (SSSR count). The van der Waals surface area contributed by atoms with Gasteiger partial charge in [-0.2, -0.15) is 11.8 Å². The largest absolute Gasteiger partial charge is 0.480 e. The van der Waals surface area contributed by atoms with E-state index in [9.17, 15) is 4.79 Å². The van der Waals surface area contributed by atoms with Crippen molar-refractivity contribution in [1.82, 2.24) is 9.97 Å². The predicted molar refractivity (Wildman–Crippen MR) is 81.7 cm³/mol. The lowest BCUT2D eigenvalue weighted by atomic mass is 10.2. The molecule has 0 bridgehead atoms. The Morgan fingerprint density at radius 3 is 3.05 bits per heavy atom. The lowest BCUT2D eigenvalue weighted by Gasteiger charge is -2.04. The minimum atomic E-state index is -0.948. The SMILES string of the molecule is NC(CCSCc1csc(-c2ccccn2)n1)C(=O)O. The molecule has 2 aromatic heterocycles. The Bertz CT molecular complexity index is 560. The molecule has 7 heteroatoms. The van der Waals surface area contributed by atoms with Crippen molar-refractivity contribution in [2.24, 2.45) is 5.73 Å². The fraction of sp³-hybridized carbons (Fsp3) is 0.308. The molecule has 0 saturated heterocycles. The van der Waals surface area contributed by atoms with E-state index in [4.69, 9.17) is 10.8 Å². The molecule has 0 spiro atoms. The molecule has 3 N–H and O–H groups in total. The molecule has 0 saturated carbocycles. The van der Waals surface area contributed by atoms with Crippen molar-refractivity contribution in [3.05, 3.63) is 35.5 Å². The number of pyridine rings is 1. The number of carboxylic acids is 1. The zero-order valence-corrected chi connectivity index (χ0v) is 12.4. The van der Waals surface area contributed by atoms with Crippen molar-refractivity contribution in [3.8, 4) is 10.7 Å². The molecule has 20 heavy (non-hydrogen) atoms. The summed E-state index contributed by atoms with van der Waals surface area (Å²) >= 11 is 3.21. The Hall–Kier alpha value is -1.44. The van der Waals surface area contributed by atoms with Crippen LogP contribution in [0, 0.1) is 0 Å². The van der Waals surface area contributed by atoms with Gasteiger partial charge in [0.1, 0.15) is 11.0 Å². The lowest BCUT2D eigenvalue weighted by molar-refractivity contribution is -0.138. The summed E-state index contributed by atoms with van der Waals surface area (Å²) in [6.07, 6.45) is 2.22. The highest BCUT2D eigenvalue weighted by Crippen LogP contribution is 2.23. The molecule has 0 amide bonds. The summed E-state index contributed by atoms with van der Waals surface area (Å²) in [6, 6.07) is 4.97. The Morgan fingerprint density at radius 2 is 2.35 bits per heavy atom. The quantitative estimate of drug-likeness (QED) is 0.762. The van der Waals surface area contributed by atoms with E-state index in [0.717, 1.165) is 22.1 Å². The zero-order chi connectivity index (χ0) is 14.4. The number of aliphatic carboxylic acids is 1. The summed E-state index contributed by atoms with van der Waals surface area (Å²) < 4.78 is 0. The van der Waals surface area contributed by atoms with Gasteiger partial charge in [0, 0.05) is 17.3 Å². The van der Waals surface area contributed by atoms with Gasteiger partial charge in [0.05, 0.1) is 11.4 Å². The smallest absolute Gasteiger partial charge is 0.320 e. The second kappa shape index (κ2) is 7.37.